The van der Waals surface area contributed by atoms with Crippen molar-refractivity contribution in [3.8, 4) is 0 Å². The second-order valence-electron chi connectivity index (χ2n) is 4.13. The fourth-order valence-corrected chi connectivity index (χ4v) is 2.36. The lowest BCUT2D eigenvalue weighted by Crippen LogP contribution is -2.12. The lowest BCUT2D eigenvalue weighted by Gasteiger charge is -2.07. The number of nitrogens with zero attached hydrogens (tertiary/aromatic N) is 2. The van der Waals surface area contributed by atoms with Crippen molar-refractivity contribution >= 4 is 29.0 Å². The van der Waals surface area contributed by atoms with Crippen molar-refractivity contribution in [3.05, 3.63) is 42.9 Å². The van der Waals surface area contributed by atoms with Gasteiger partial charge in [-0.25, -0.2) is 4.98 Å². The molecule has 0 aliphatic carbocycles. The van der Waals surface area contributed by atoms with E-state index in [9.17, 15) is 4.79 Å². The van der Waals surface area contributed by atoms with Crippen LogP contribution in [0.15, 0.2) is 47.9 Å². The normalized spacial score (nSPS) is 10.2. The van der Waals surface area contributed by atoms with Crippen LogP contribution in [0.3, 0.4) is 0 Å². The average molecular weight is 288 g/mol. The van der Waals surface area contributed by atoms with Gasteiger partial charge in [-0.1, -0.05) is 12.1 Å². The maximum atomic E-state index is 11.8. The van der Waals surface area contributed by atoms with Crippen molar-refractivity contribution in [1.82, 2.24) is 9.97 Å². The minimum atomic E-state index is -0.0253. The molecule has 3 N–H and O–H groups in total. The Hall–Kier alpha value is -2.08. The van der Waals surface area contributed by atoms with Gasteiger partial charge in [-0.15, -0.1) is 11.8 Å². The van der Waals surface area contributed by atoms with Gasteiger partial charge in [0.25, 0.3) is 0 Å². The summed E-state index contributed by atoms with van der Waals surface area (Å²) in [5.74, 6) is 0.804. The lowest BCUT2D eigenvalue weighted by atomic mass is 10.2. The van der Waals surface area contributed by atoms with Crippen molar-refractivity contribution in [3.63, 3.8) is 0 Å². The molecule has 2 rings (SSSR count). The summed E-state index contributed by atoms with van der Waals surface area (Å²) in [4.78, 5) is 19.9. The van der Waals surface area contributed by atoms with Crippen molar-refractivity contribution in [2.45, 2.75) is 17.9 Å². The molecule has 0 fully saturated rings. The van der Waals surface area contributed by atoms with Crippen LogP contribution in [0.2, 0.25) is 0 Å². The Morgan fingerprint density at radius 3 is 2.90 bits per heavy atom. The number of benzene rings is 1. The van der Waals surface area contributed by atoms with E-state index in [-0.39, 0.29) is 5.91 Å². The predicted octanol–water partition coefficient (Wildman–Crippen LogP) is 2.57. The molecule has 104 valence electrons. The van der Waals surface area contributed by atoms with E-state index in [1.54, 1.807) is 42.5 Å². The van der Waals surface area contributed by atoms with Gasteiger partial charge >= 0.3 is 0 Å². The Morgan fingerprint density at radius 2 is 2.15 bits per heavy atom. The molecule has 2 aromatic rings. The molecule has 0 radical (unpaired) electrons. The first kappa shape index (κ1) is 14.3. The number of thioether (sulfide) groups is 1. The summed E-state index contributed by atoms with van der Waals surface area (Å²) in [6.45, 7) is 0. The number of hydrogen-bond acceptors (Lipinski definition) is 5. The molecule has 5 nitrogen and oxygen atoms in total. The third-order valence-electron chi connectivity index (χ3n) is 2.57. The van der Waals surface area contributed by atoms with Crippen LogP contribution in [0.1, 0.15) is 12.8 Å². The molecule has 0 aliphatic heterocycles. The van der Waals surface area contributed by atoms with Crippen LogP contribution in [-0.4, -0.2) is 21.6 Å². The second kappa shape index (κ2) is 7.49. The molecule has 0 unspecified atom stereocenters. The largest absolute Gasteiger partial charge is 0.397 e. The average Bonchev–Trinajstić information content (AvgIpc) is 2.47. The van der Waals surface area contributed by atoms with E-state index >= 15 is 0 Å². The molecular weight excluding hydrogens is 272 g/mol. The predicted molar refractivity (Wildman–Crippen MR) is 81.5 cm³/mol. The van der Waals surface area contributed by atoms with E-state index in [1.165, 1.54) is 0 Å². The topological polar surface area (TPSA) is 80.9 Å². The minimum Gasteiger partial charge on any atom is -0.397 e. The fourth-order valence-electron chi connectivity index (χ4n) is 1.59. The summed E-state index contributed by atoms with van der Waals surface area (Å²) in [7, 11) is 0. The summed E-state index contributed by atoms with van der Waals surface area (Å²) in [5, 5.41) is 3.68. The Labute approximate surface area is 122 Å². The summed E-state index contributed by atoms with van der Waals surface area (Å²) >= 11 is 1.59. The number of amides is 1. The molecule has 1 aromatic heterocycles. The van der Waals surface area contributed by atoms with E-state index in [2.05, 4.69) is 15.3 Å². The van der Waals surface area contributed by atoms with Crippen LogP contribution in [0.25, 0.3) is 0 Å². The zero-order valence-electron chi connectivity index (χ0n) is 11.0. The number of carbonyl (C=O) groups is 1. The molecule has 1 amide bonds. The zero-order valence-corrected chi connectivity index (χ0v) is 11.8. The number of rotatable bonds is 6. The van der Waals surface area contributed by atoms with Crippen LogP contribution < -0.4 is 11.1 Å². The summed E-state index contributed by atoms with van der Waals surface area (Å²) < 4.78 is 0. The van der Waals surface area contributed by atoms with E-state index in [4.69, 9.17) is 5.73 Å². The highest BCUT2D eigenvalue weighted by Crippen LogP contribution is 2.18. The van der Waals surface area contributed by atoms with Gasteiger partial charge in [0.1, 0.15) is 5.03 Å². The Morgan fingerprint density at radius 1 is 1.30 bits per heavy atom. The number of nitrogens with two attached hydrogens (primary N) is 1. The van der Waals surface area contributed by atoms with Crippen molar-refractivity contribution in [1.29, 1.82) is 0 Å². The van der Waals surface area contributed by atoms with Crippen LogP contribution >= 0.6 is 11.8 Å². The molecule has 1 heterocycles. The highest BCUT2D eigenvalue weighted by atomic mass is 32.2. The number of nitrogen functional groups attached to an aromatic ring is 1. The van der Waals surface area contributed by atoms with Gasteiger partial charge in [0.15, 0.2) is 0 Å². The Bertz CT molecular complexity index is 562. The highest BCUT2D eigenvalue weighted by molar-refractivity contribution is 7.99. The van der Waals surface area contributed by atoms with Crippen molar-refractivity contribution in [2.24, 2.45) is 0 Å². The first-order chi connectivity index (χ1) is 9.75. The minimum absolute atomic E-state index is 0.0253. The first-order valence-corrected chi connectivity index (χ1v) is 7.27. The monoisotopic (exact) mass is 288 g/mol. The standard InChI is InChI=1S/C14H16N4OS/c15-11-4-1-2-5-12(11)18-13(19)6-3-9-20-14-10-16-7-8-17-14/h1-2,4-5,7-8,10H,3,6,9,15H2,(H,18,19). The van der Waals surface area contributed by atoms with Crippen molar-refractivity contribution < 1.29 is 4.79 Å². The van der Waals surface area contributed by atoms with E-state index in [0.717, 1.165) is 17.2 Å². The molecule has 0 aliphatic rings. The van der Waals surface area contributed by atoms with Gasteiger partial charge in [-0.3, -0.25) is 9.78 Å². The maximum absolute atomic E-state index is 11.8. The van der Waals surface area contributed by atoms with E-state index < -0.39 is 0 Å². The lowest BCUT2D eigenvalue weighted by molar-refractivity contribution is -0.116. The summed E-state index contributed by atoms with van der Waals surface area (Å²) in [5.41, 5.74) is 7.01. The molecule has 1 aromatic carbocycles. The van der Waals surface area contributed by atoms with E-state index in [0.29, 0.717) is 17.8 Å². The molecule has 0 spiro atoms. The smallest absolute Gasteiger partial charge is 0.224 e. The number of hydrogen-bond donors (Lipinski definition) is 2. The van der Waals surface area contributed by atoms with Gasteiger partial charge < -0.3 is 11.1 Å². The molecule has 6 heteroatoms. The van der Waals surface area contributed by atoms with Crippen molar-refractivity contribution in [2.75, 3.05) is 16.8 Å². The fraction of sp³-hybridized carbons (Fsp3) is 0.214. The van der Waals surface area contributed by atoms with Crippen LogP contribution in [0.5, 0.6) is 0 Å². The number of nitrogens with one attached hydrogen (secondary N) is 1. The number of para-hydroxylation sites is 2. The van der Waals surface area contributed by atoms with Gasteiger partial charge in [0, 0.05) is 24.6 Å². The molecule has 0 saturated heterocycles. The molecule has 0 bridgehead atoms. The van der Waals surface area contributed by atoms with Gasteiger partial charge in [0.2, 0.25) is 5.91 Å². The van der Waals surface area contributed by atoms with Gasteiger partial charge in [-0.05, 0) is 18.6 Å². The van der Waals surface area contributed by atoms with Crippen LogP contribution in [0.4, 0.5) is 11.4 Å². The Balaban J connectivity index is 1.69. The van der Waals surface area contributed by atoms with Crippen LogP contribution in [0, 0.1) is 0 Å². The van der Waals surface area contributed by atoms with Gasteiger partial charge in [0.05, 0.1) is 17.6 Å². The quantitative estimate of drug-likeness (QED) is 0.485. The third kappa shape index (κ3) is 4.55. The highest BCUT2D eigenvalue weighted by Gasteiger charge is 2.04. The number of aromatic nitrogens is 2. The second-order valence-corrected chi connectivity index (χ2v) is 5.25. The SMILES string of the molecule is Nc1ccccc1NC(=O)CCCSc1cnccn1. The third-order valence-corrected chi connectivity index (χ3v) is 3.57. The maximum Gasteiger partial charge on any atom is 0.224 e. The summed E-state index contributed by atoms with van der Waals surface area (Å²) in [6, 6.07) is 7.24. The first-order valence-electron chi connectivity index (χ1n) is 6.29. The Kier molecular flexibility index (Phi) is 5.37. The molecular formula is C14H16N4OS. The zero-order chi connectivity index (χ0) is 14.2. The van der Waals surface area contributed by atoms with Crippen LogP contribution in [-0.2, 0) is 4.79 Å². The molecule has 0 atom stereocenters. The van der Waals surface area contributed by atoms with Gasteiger partial charge in [-0.2, -0.15) is 0 Å². The van der Waals surface area contributed by atoms with E-state index in [1.807, 2.05) is 12.1 Å². The summed E-state index contributed by atoms with van der Waals surface area (Å²) in [6.07, 6.45) is 6.26. The molecule has 20 heavy (non-hydrogen) atoms. The number of carbonyl (C=O) groups excluding carboxylic acids is 1. The molecule has 0 saturated carbocycles. The number of anilines is 2.